The first-order valence-electron chi connectivity index (χ1n) is 9.38. The number of sulfonamides is 1. The second kappa shape index (κ2) is 11.4. The summed E-state index contributed by atoms with van der Waals surface area (Å²) in [5.41, 5.74) is 0.0677. The molecule has 1 saturated heterocycles. The summed E-state index contributed by atoms with van der Waals surface area (Å²) in [6.07, 6.45) is 1.24. The molecular formula is C17H25ClN4O7S. The van der Waals surface area contributed by atoms with Crippen molar-refractivity contribution >= 4 is 27.6 Å². The average molecular weight is 465 g/mol. The molecule has 13 heteroatoms. The Balaban J connectivity index is 1.65. The van der Waals surface area contributed by atoms with Crippen LogP contribution in [0, 0.1) is 10.1 Å². The smallest absolute Gasteiger partial charge is 0.338 e. The van der Waals surface area contributed by atoms with Gasteiger partial charge in [-0.05, 0) is 31.0 Å². The zero-order valence-electron chi connectivity index (χ0n) is 16.4. The number of carbonyl (C=O) groups is 1. The monoisotopic (exact) mass is 464 g/mol. The lowest BCUT2D eigenvalue weighted by Crippen LogP contribution is -2.47. The Hall–Kier alpha value is -1.99. The van der Waals surface area contributed by atoms with Crippen molar-refractivity contribution in [3.8, 4) is 0 Å². The van der Waals surface area contributed by atoms with Gasteiger partial charge in [-0.15, -0.1) is 10.1 Å². The molecule has 0 bridgehead atoms. The summed E-state index contributed by atoms with van der Waals surface area (Å²) in [6.45, 7) is 5.25. The van der Waals surface area contributed by atoms with E-state index in [2.05, 4.69) is 14.6 Å². The van der Waals surface area contributed by atoms with Gasteiger partial charge in [-0.1, -0.05) is 11.6 Å². The van der Waals surface area contributed by atoms with E-state index in [0.29, 0.717) is 12.8 Å². The van der Waals surface area contributed by atoms with Gasteiger partial charge in [0.05, 0.1) is 23.8 Å². The molecule has 1 fully saturated rings. The van der Waals surface area contributed by atoms with Gasteiger partial charge in [-0.2, -0.15) is 0 Å². The van der Waals surface area contributed by atoms with Gasteiger partial charge < -0.3 is 19.4 Å². The van der Waals surface area contributed by atoms with Crippen LogP contribution in [0.25, 0.3) is 0 Å². The Morgan fingerprint density at radius 2 is 1.70 bits per heavy atom. The topological polar surface area (TPSA) is 145 Å². The molecule has 168 valence electrons. The number of rotatable bonds is 11. The van der Waals surface area contributed by atoms with Gasteiger partial charge in [-0.3, -0.25) is 0 Å². The fourth-order valence-electron chi connectivity index (χ4n) is 3.05. The van der Waals surface area contributed by atoms with Crippen LogP contribution < -0.4 is 5.14 Å². The third-order valence-corrected chi connectivity index (χ3v) is 6.00. The third-order valence-electron chi connectivity index (χ3n) is 4.61. The van der Waals surface area contributed by atoms with Gasteiger partial charge in [0.25, 0.3) is 5.09 Å². The number of esters is 1. The van der Waals surface area contributed by atoms with Crippen LogP contribution in [-0.2, 0) is 19.6 Å². The minimum absolute atomic E-state index is 0.0569. The SMILES string of the molecule is NS(=O)(=O)c1cc(C(=O)OCCCN2CCN(CCCO[N+](=O)[O-])CC2)ccc1Cl. The summed E-state index contributed by atoms with van der Waals surface area (Å²) in [4.78, 5) is 30.7. The van der Waals surface area contributed by atoms with Gasteiger partial charge in [0, 0.05) is 39.3 Å². The largest absolute Gasteiger partial charge is 0.462 e. The number of ether oxygens (including phenoxy) is 1. The normalized spacial score (nSPS) is 15.7. The summed E-state index contributed by atoms with van der Waals surface area (Å²) in [6, 6.07) is 3.78. The van der Waals surface area contributed by atoms with Gasteiger partial charge in [0.2, 0.25) is 10.0 Å². The lowest BCUT2D eigenvalue weighted by molar-refractivity contribution is -0.757. The van der Waals surface area contributed by atoms with Crippen LogP contribution in [0.5, 0.6) is 0 Å². The van der Waals surface area contributed by atoms with Crippen LogP contribution in [-0.4, -0.2) is 81.8 Å². The van der Waals surface area contributed by atoms with Gasteiger partial charge in [0.1, 0.15) is 4.90 Å². The highest BCUT2D eigenvalue weighted by molar-refractivity contribution is 7.89. The molecule has 0 aromatic heterocycles. The molecule has 11 nitrogen and oxygen atoms in total. The van der Waals surface area contributed by atoms with Crippen molar-refractivity contribution < 1.29 is 27.9 Å². The highest BCUT2D eigenvalue weighted by atomic mass is 35.5. The zero-order chi connectivity index (χ0) is 22.1. The van der Waals surface area contributed by atoms with Crippen LogP contribution in [0.2, 0.25) is 5.02 Å². The maximum absolute atomic E-state index is 12.1. The van der Waals surface area contributed by atoms with Crippen LogP contribution in [0.4, 0.5) is 0 Å². The Bertz CT molecular complexity index is 845. The molecule has 0 unspecified atom stereocenters. The molecular weight excluding hydrogens is 440 g/mol. The average Bonchev–Trinajstić information content (AvgIpc) is 2.68. The van der Waals surface area contributed by atoms with Crippen molar-refractivity contribution in [1.82, 2.24) is 9.80 Å². The van der Waals surface area contributed by atoms with E-state index in [1.165, 1.54) is 12.1 Å². The van der Waals surface area contributed by atoms with Crippen molar-refractivity contribution in [3.63, 3.8) is 0 Å². The summed E-state index contributed by atoms with van der Waals surface area (Å²) in [5.74, 6) is -0.640. The van der Waals surface area contributed by atoms with Crippen molar-refractivity contribution in [2.75, 3.05) is 52.5 Å². The summed E-state index contributed by atoms with van der Waals surface area (Å²) in [7, 11) is -4.03. The molecule has 1 heterocycles. The highest BCUT2D eigenvalue weighted by Crippen LogP contribution is 2.21. The first-order valence-corrected chi connectivity index (χ1v) is 11.3. The molecule has 0 atom stereocenters. The molecule has 2 N–H and O–H groups in total. The highest BCUT2D eigenvalue weighted by Gasteiger charge is 2.18. The fraction of sp³-hybridized carbons (Fsp3) is 0.588. The minimum Gasteiger partial charge on any atom is -0.462 e. The van der Waals surface area contributed by atoms with Crippen molar-refractivity contribution in [3.05, 3.63) is 38.9 Å². The predicted molar refractivity (Wildman–Crippen MR) is 108 cm³/mol. The molecule has 0 spiro atoms. The lowest BCUT2D eigenvalue weighted by atomic mass is 10.2. The van der Waals surface area contributed by atoms with Gasteiger partial charge in [-0.25, -0.2) is 18.4 Å². The Morgan fingerprint density at radius 1 is 1.13 bits per heavy atom. The molecule has 30 heavy (non-hydrogen) atoms. The van der Waals surface area contributed by atoms with E-state index in [1.807, 2.05) is 0 Å². The summed E-state index contributed by atoms with van der Waals surface area (Å²) >= 11 is 5.80. The molecule has 0 aliphatic carbocycles. The maximum Gasteiger partial charge on any atom is 0.338 e. The molecule has 2 rings (SSSR count). The molecule has 0 radical (unpaired) electrons. The molecule has 0 amide bonds. The summed E-state index contributed by atoms with van der Waals surface area (Å²) in [5, 5.41) is 14.3. The molecule has 1 aromatic carbocycles. The molecule has 1 aliphatic heterocycles. The Labute approximate surface area is 179 Å². The number of halogens is 1. The maximum atomic E-state index is 12.1. The van der Waals surface area contributed by atoms with E-state index in [9.17, 15) is 23.3 Å². The molecule has 1 aliphatic rings. The molecule has 1 aromatic rings. The molecule has 0 saturated carbocycles. The van der Waals surface area contributed by atoms with E-state index >= 15 is 0 Å². The first kappa shape index (κ1) is 24.3. The standard InChI is InChI=1S/C17H25ClN4O7S/c18-15-4-3-14(13-16(15)30(19,26)27)17(23)28-11-1-5-20-7-9-21(10-8-20)6-2-12-29-22(24)25/h3-4,13H,1-2,5-12H2,(H2,19,26,27). The van der Waals surface area contributed by atoms with E-state index < -0.39 is 21.1 Å². The van der Waals surface area contributed by atoms with Gasteiger partial charge >= 0.3 is 5.97 Å². The van der Waals surface area contributed by atoms with Crippen LogP contribution in [0.1, 0.15) is 23.2 Å². The number of hydrogen-bond acceptors (Lipinski definition) is 9. The predicted octanol–water partition coefficient (Wildman–Crippen LogP) is 0.750. The number of nitrogens with two attached hydrogens (primary N) is 1. The number of piperazine rings is 1. The van der Waals surface area contributed by atoms with E-state index in [0.717, 1.165) is 45.3 Å². The zero-order valence-corrected chi connectivity index (χ0v) is 17.9. The van der Waals surface area contributed by atoms with E-state index in [1.54, 1.807) is 0 Å². The fourth-order valence-corrected chi connectivity index (χ4v) is 4.12. The second-order valence-corrected chi connectivity index (χ2v) is 8.71. The van der Waals surface area contributed by atoms with E-state index in [4.69, 9.17) is 21.5 Å². The Kier molecular flexibility index (Phi) is 9.24. The van der Waals surface area contributed by atoms with Crippen molar-refractivity contribution in [1.29, 1.82) is 0 Å². The van der Waals surface area contributed by atoms with Crippen LogP contribution >= 0.6 is 11.6 Å². The quantitative estimate of drug-likeness (QED) is 0.217. The van der Waals surface area contributed by atoms with Gasteiger partial charge in [0.15, 0.2) is 0 Å². The third kappa shape index (κ3) is 8.03. The number of nitrogens with zero attached hydrogens (tertiary/aromatic N) is 3. The Morgan fingerprint density at radius 3 is 2.23 bits per heavy atom. The van der Waals surface area contributed by atoms with Crippen molar-refractivity contribution in [2.24, 2.45) is 5.14 Å². The summed E-state index contributed by atoms with van der Waals surface area (Å²) < 4.78 is 28.2. The first-order chi connectivity index (χ1) is 14.2. The van der Waals surface area contributed by atoms with Crippen LogP contribution in [0.3, 0.4) is 0 Å². The van der Waals surface area contributed by atoms with E-state index in [-0.39, 0.29) is 28.7 Å². The number of primary sulfonamides is 1. The number of hydrogen-bond donors (Lipinski definition) is 1. The number of benzene rings is 1. The van der Waals surface area contributed by atoms with Crippen LogP contribution in [0.15, 0.2) is 23.1 Å². The van der Waals surface area contributed by atoms with Crippen molar-refractivity contribution in [2.45, 2.75) is 17.7 Å². The second-order valence-electron chi connectivity index (χ2n) is 6.77. The lowest BCUT2D eigenvalue weighted by Gasteiger charge is -2.34. The minimum atomic E-state index is -4.03. The number of carbonyl (C=O) groups excluding carboxylic acids is 1.